The van der Waals surface area contributed by atoms with Gasteiger partial charge in [-0.15, -0.1) is 0 Å². The van der Waals surface area contributed by atoms with Crippen molar-refractivity contribution in [1.82, 2.24) is 39.7 Å². The van der Waals surface area contributed by atoms with Crippen LogP contribution in [0.15, 0.2) is 48.9 Å². The van der Waals surface area contributed by atoms with Gasteiger partial charge < -0.3 is 14.3 Å². The lowest BCUT2D eigenvalue weighted by atomic mass is 10.1. The largest absolute Gasteiger partial charge is 0.497 e. The van der Waals surface area contributed by atoms with Crippen LogP contribution < -0.4 is 4.74 Å². The second-order valence-corrected chi connectivity index (χ2v) is 7.96. The van der Waals surface area contributed by atoms with Crippen LogP contribution in [0.2, 0.25) is 0 Å². The molecule has 0 spiro atoms. The fourth-order valence-corrected chi connectivity index (χ4v) is 4.07. The number of rotatable bonds is 4. The van der Waals surface area contributed by atoms with E-state index in [0.717, 1.165) is 28.0 Å². The highest BCUT2D eigenvalue weighted by Gasteiger charge is 2.18. The van der Waals surface area contributed by atoms with E-state index < -0.39 is 5.82 Å². The van der Waals surface area contributed by atoms with Gasteiger partial charge in [0.15, 0.2) is 11.5 Å². The third-order valence-electron chi connectivity index (χ3n) is 5.94. The summed E-state index contributed by atoms with van der Waals surface area (Å²) in [6.07, 6.45) is 5.26. The molecule has 10 heteroatoms. The number of methoxy groups -OCH3 is 1. The van der Waals surface area contributed by atoms with E-state index in [-0.39, 0.29) is 0 Å². The van der Waals surface area contributed by atoms with Crippen molar-refractivity contribution in [2.24, 2.45) is 7.05 Å². The number of hydrogen-bond acceptors (Lipinski definition) is 6. The average Bonchev–Trinajstić information content (AvgIpc) is 3.54. The highest BCUT2D eigenvalue weighted by Crippen LogP contribution is 2.33. The predicted molar refractivity (Wildman–Crippen MR) is 126 cm³/mol. The van der Waals surface area contributed by atoms with Gasteiger partial charge >= 0.3 is 0 Å². The molecule has 0 aliphatic rings. The molecule has 0 aliphatic heterocycles. The zero-order chi connectivity index (χ0) is 23.4. The van der Waals surface area contributed by atoms with Gasteiger partial charge in [0.25, 0.3) is 0 Å². The van der Waals surface area contributed by atoms with E-state index in [9.17, 15) is 4.39 Å². The van der Waals surface area contributed by atoms with Crippen LogP contribution >= 0.6 is 0 Å². The Balaban J connectivity index is 1.50. The van der Waals surface area contributed by atoms with Crippen LogP contribution in [0.5, 0.6) is 5.75 Å². The van der Waals surface area contributed by atoms with Gasteiger partial charge in [-0.05, 0) is 31.2 Å². The summed E-state index contributed by atoms with van der Waals surface area (Å²) in [5.74, 6) is 1.49. The maximum absolute atomic E-state index is 14.1. The van der Waals surface area contributed by atoms with E-state index in [1.807, 2.05) is 36.9 Å². The number of ether oxygens (including phenoxy) is 1. The van der Waals surface area contributed by atoms with E-state index in [4.69, 9.17) is 9.72 Å². The molecule has 34 heavy (non-hydrogen) atoms. The monoisotopic (exact) mass is 454 g/mol. The van der Waals surface area contributed by atoms with Crippen molar-refractivity contribution >= 4 is 22.1 Å². The van der Waals surface area contributed by atoms with Crippen LogP contribution in [0.3, 0.4) is 0 Å². The van der Waals surface area contributed by atoms with Gasteiger partial charge in [0.1, 0.15) is 28.6 Å². The third-order valence-corrected chi connectivity index (χ3v) is 5.94. The number of hydrogen-bond donors (Lipinski definition) is 2. The minimum Gasteiger partial charge on any atom is -0.497 e. The molecule has 9 nitrogen and oxygen atoms in total. The van der Waals surface area contributed by atoms with Crippen LogP contribution in [-0.4, -0.2) is 46.8 Å². The van der Waals surface area contributed by atoms with E-state index in [2.05, 4.69) is 30.1 Å². The second kappa shape index (κ2) is 7.48. The number of benzene rings is 1. The van der Waals surface area contributed by atoms with E-state index >= 15 is 0 Å². The molecule has 0 radical (unpaired) electrons. The predicted octanol–water partition coefficient (Wildman–Crippen LogP) is 4.42. The molecule has 168 valence electrons. The summed E-state index contributed by atoms with van der Waals surface area (Å²) in [6, 6.07) is 8.31. The minimum absolute atomic E-state index is 0.410. The Morgan fingerprint density at radius 3 is 2.71 bits per heavy atom. The molecular formula is C24H19FN8O. The van der Waals surface area contributed by atoms with Gasteiger partial charge in [0.05, 0.1) is 35.6 Å². The van der Waals surface area contributed by atoms with Crippen molar-refractivity contribution in [1.29, 1.82) is 0 Å². The maximum Gasteiger partial charge on any atom is 0.181 e. The minimum atomic E-state index is -0.410. The summed E-state index contributed by atoms with van der Waals surface area (Å²) >= 11 is 0. The van der Waals surface area contributed by atoms with E-state index in [0.29, 0.717) is 39.7 Å². The molecule has 5 heterocycles. The molecular weight excluding hydrogens is 435 g/mol. The normalized spacial score (nSPS) is 11.5. The molecule has 2 N–H and O–H groups in total. The highest BCUT2D eigenvalue weighted by molar-refractivity contribution is 5.96. The Hall–Kier alpha value is -4.60. The van der Waals surface area contributed by atoms with Crippen LogP contribution in [0.1, 0.15) is 5.82 Å². The number of H-pyrrole nitrogens is 2. The van der Waals surface area contributed by atoms with Crippen LogP contribution in [0.4, 0.5) is 4.39 Å². The summed E-state index contributed by atoms with van der Waals surface area (Å²) in [4.78, 5) is 21.5. The van der Waals surface area contributed by atoms with Crippen LogP contribution in [0, 0.1) is 12.7 Å². The first-order valence-electron chi connectivity index (χ1n) is 10.5. The van der Waals surface area contributed by atoms with Crippen LogP contribution in [-0.2, 0) is 7.05 Å². The van der Waals surface area contributed by atoms with Crippen molar-refractivity contribution in [3.05, 3.63) is 60.6 Å². The van der Waals surface area contributed by atoms with Crippen molar-refractivity contribution in [3.8, 4) is 39.8 Å². The third kappa shape index (κ3) is 3.11. The van der Waals surface area contributed by atoms with Crippen LogP contribution in [0.25, 0.3) is 56.1 Å². The second-order valence-electron chi connectivity index (χ2n) is 7.96. The fourth-order valence-electron chi connectivity index (χ4n) is 4.07. The highest BCUT2D eigenvalue weighted by atomic mass is 19.1. The quantitative estimate of drug-likeness (QED) is 0.408. The Morgan fingerprint density at radius 2 is 1.91 bits per heavy atom. The first-order valence-corrected chi connectivity index (χ1v) is 10.5. The fraction of sp³-hybridized carbons (Fsp3) is 0.125. The molecule has 0 atom stereocenters. The van der Waals surface area contributed by atoms with E-state index in [1.165, 1.54) is 19.2 Å². The summed E-state index contributed by atoms with van der Waals surface area (Å²) in [7, 11) is 3.46. The van der Waals surface area contributed by atoms with Gasteiger partial charge in [-0.3, -0.25) is 10.1 Å². The van der Waals surface area contributed by atoms with Crippen molar-refractivity contribution in [3.63, 3.8) is 0 Å². The molecule has 0 saturated heterocycles. The first kappa shape index (κ1) is 20.0. The van der Waals surface area contributed by atoms with Gasteiger partial charge in [0.2, 0.25) is 0 Å². The molecule has 0 bridgehead atoms. The Kier molecular flexibility index (Phi) is 4.41. The topological polar surface area (TPSA) is 110 Å². The zero-order valence-electron chi connectivity index (χ0n) is 18.6. The van der Waals surface area contributed by atoms with Gasteiger partial charge in [-0.25, -0.2) is 19.3 Å². The SMILES string of the molecule is COc1cc(F)cc(-c2nccc3[nH]c(-c4[nH]nc5ncc(-c6cnc(C)n6C)cc45)nc23)c1. The zero-order valence-corrected chi connectivity index (χ0v) is 18.6. The molecule has 5 aromatic heterocycles. The lowest BCUT2D eigenvalue weighted by molar-refractivity contribution is 0.411. The molecule has 0 unspecified atom stereocenters. The Bertz CT molecular complexity index is 1700. The van der Waals surface area contributed by atoms with Crippen molar-refractivity contribution in [2.75, 3.05) is 7.11 Å². The molecule has 0 amide bonds. The lowest BCUT2D eigenvalue weighted by Crippen LogP contribution is -1.94. The molecule has 0 aliphatic carbocycles. The van der Waals surface area contributed by atoms with Gasteiger partial charge in [-0.1, -0.05) is 0 Å². The Morgan fingerprint density at radius 1 is 1.03 bits per heavy atom. The molecule has 6 aromatic rings. The average molecular weight is 454 g/mol. The molecule has 0 fully saturated rings. The summed E-state index contributed by atoms with van der Waals surface area (Å²) < 4.78 is 21.4. The standard InChI is InChI=1S/C24H19FN8O/c1-12-27-11-19(33(12)2)14-8-17-21(31-32-23(17)28-10-14)24-29-18-4-5-26-20(22(18)30-24)13-6-15(25)9-16(7-13)34-3/h4-11H,1-3H3,(H,29,30)(H,28,31,32). The number of pyridine rings is 2. The number of fused-ring (bicyclic) bond motifs is 2. The summed E-state index contributed by atoms with van der Waals surface area (Å²) in [6.45, 7) is 1.95. The number of aromatic nitrogens is 8. The van der Waals surface area contributed by atoms with Gasteiger partial charge in [0, 0.05) is 36.6 Å². The molecule has 6 rings (SSSR count). The lowest BCUT2D eigenvalue weighted by Gasteiger charge is -2.05. The number of nitrogens with zero attached hydrogens (tertiary/aromatic N) is 6. The number of nitrogens with one attached hydrogen (secondary N) is 2. The first-order chi connectivity index (χ1) is 16.5. The van der Waals surface area contributed by atoms with Crippen molar-refractivity contribution < 1.29 is 9.13 Å². The summed E-state index contributed by atoms with van der Waals surface area (Å²) in [5.41, 5.74) is 5.64. The molecule has 1 aromatic carbocycles. The number of imidazole rings is 2. The number of halogens is 1. The summed E-state index contributed by atoms with van der Waals surface area (Å²) in [5, 5.41) is 8.21. The maximum atomic E-state index is 14.1. The smallest absolute Gasteiger partial charge is 0.181 e. The van der Waals surface area contributed by atoms with Crippen molar-refractivity contribution in [2.45, 2.75) is 6.92 Å². The molecule has 0 saturated carbocycles. The van der Waals surface area contributed by atoms with Gasteiger partial charge in [-0.2, -0.15) is 5.10 Å². The number of aromatic amines is 2. The Labute approximate surface area is 192 Å². The van der Waals surface area contributed by atoms with E-state index in [1.54, 1.807) is 18.5 Å². The number of aryl methyl sites for hydroxylation is 1.